The Bertz CT molecular complexity index is 1130. The molecule has 1 saturated heterocycles. The van der Waals surface area contributed by atoms with Crippen LogP contribution in [-0.2, 0) is 19.7 Å². The number of ether oxygens (including phenoxy) is 1. The van der Waals surface area contributed by atoms with Crippen molar-refractivity contribution in [1.29, 1.82) is 0 Å². The summed E-state index contributed by atoms with van der Waals surface area (Å²) in [6.45, 7) is 14.9. The first-order valence-electron chi connectivity index (χ1n) is 11.6. The Labute approximate surface area is 195 Å². The van der Waals surface area contributed by atoms with Gasteiger partial charge < -0.3 is 14.2 Å². The minimum Gasteiger partial charge on any atom is -0.488 e. The molecule has 1 aliphatic heterocycles. The van der Waals surface area contributed by atoms with Gasteiger partial charge >= 0.3 is 0 Å². The predicted molar refractivity (Wildman–Crippen MR) is 125 cm³/mol. The number of carbonyl (C=O) groups is 1. The highest BCUT2D eigenvalue weighted by Gasteiger charge is 2.28. The van der Waals surface area contributed by atoms with Gasteiger partial charge in [0.25, 0.3) is 5.91 Å². The fourth-order valence-corrected chi connectivity index (χ4v) is 4.22. The molecular weight excluding hydrogens is 418 g/mol. The lowest BCUT2D eigenvalue weighted by molar-refractivity contribution is 0.0616. The number of aromatic nitrogens is 3. The zero-order valence-corrected chi connectivity index (χ0v) is 20.2. The van der Waals surface area contributed by atoms with Gasteiger partial charge in [-0.1, -0.05) is 22.9 Å². The van der Waals surface area contributed by atoms with Crippen LogP contribution in [0.15, 0.2) is 28.9 Å². The van der Waals surface area contributed by atoms with Gasteiger partial charge in [-0.05, 0) is 46.2 Å². The van der Waals surface area contributed by atoms with Crippen LogP contribution in [0.3, 0.4) is 0 Å². The first-order chi connectivity index (χ1) is 15.9. The molecule has 0 saturated carbocycles. The van der Waals surface area contributed by atoms with Crippen LogP contribution < -0.4 is 4.74 Å². The minimum absolute atomic E-state index is 0.0966. The van der Waals surface area contributed by atoms with Gasteiger partial charge in [-0.15, -0.1) is 0 Å². The van der Waals surface area contributed by atoms with E-state index in [0.29, 0.717) is 30.1 Å². The molecule has 3 aromatic rings. The maximum atomic E-state index is 13.2. The van der Waals surface area contributed by atoms with Crippen molar-refractivity contribution in [3.8, 4) is 5.75 Å². The Morgan fingerprint density at radius 1 is 1.12 bits per heavy atom. The van der Waals surface area contributed by atoms with E-state index in [0.717, 1.165) is 43.2 Å². The third-order valence-electron chi connectivity index (χ3n) is 6.32. The number of piperazine rings is 1. The fraction of sp³-hybridized carbons (Fsp3) is 0.480. The van der Waals surface area contributed by atoms with Crippen molar-refractivity contribution in [3.63, 3.8) is 0 Å². The molecule has 0 N–H and O–H groups in total. The first kappa shape index (κ1) is 23.0. The van der Waals surface area contributed by atoms with Crippen molar-refractivity contribution in [2.45, 2.75) is 54.3 Å². The summed E-state index contributed by atoms with van der Waals surface area (Å²) in [5, 5.41) is 8.61. The Kier molecular flexibility index (Phi) is 6.83. The van der Waals surface area contributed by atoms with Crippen molar-refractivity contribution < 1.29 is 14.1 Å². The van der Waals surface area contributed by atoms with E-state index in [2.05, 4.69) is 48.2 Å². The molecular formula is C25H33N5O3. The van der Waals surface area contributed by atoms with E-state index in [1.807, 2.05) is 35.6 Å². The second-order valence-corrected chi connectivity index (χ2v) is 8.79. The van der Waals surface area contributed by atoms with Crippen LogP contribution in [0, 0.1) is 27.7 Å². The average Bonchev–Trinajstić information content (AvgIpc) is 3.35. The van der Waals surface area contributed by atoms with E-state index in [4.69, 9.17) is 9.26 Å². The van der Waals surface area contributed by atoms with Gasteiger partial charge in [0.2, 0.25) is 0 Å². The van der Waals surface area contributed by atoms with Crippen LogP contribution in [0.25, 0.3) is 0 Å². The van der Waals surface area contributed by atoms with E-state index in [-0.39, 0.29) is 12.5 Å². The average molecular weight is 452 g/mol. The van der Waals surface area contributed by atoms with E-state index in [9.17, 15) is 4.79 Å². The van der Waals surface area contributed by atoms with Gasteiger partial charge in [-0.2, -0.15) is 5.10 Å². The maximum Gasteiger partial charge on any atom is 0.276 e. The lowest BCUT2D eigenvalue weighted by atomic mass is 10.1. The Hall–Kier alpha value is -3.13. The van der Waals surface area contributed by atoms with Gasteiger partial charge in [0, 0.05) is 51.0 Å². The Balaban J connectivity index is 1.37. The SMILES string of the molecule is CCn1cc(CN2CCN(C(=O)c3noc(C)c3COc3ccc(C)cc3C)CC2)c(C)n1. The molecule has 0 atom stereocenters. The highest BCUT2D eigenvalue weighted by atomic mass is 16.5. The maximum absolute atomic E-state index is 13.2. The summed E-state index contributed by atoms with van der Waals surface area (Å²) in [6.07, 6.45) is 2.12. The van der Waals surface area contributed by atoms with Crippen LogP contribution in [0.2, 0.25) is 0 Å². The third-order valence-corrected chi connectivity index (χ3v) is 6.32. The number of aryl methyl sites for hydroxylation is 5. The fourth-order valence-electron chi connectivity index (χ4n) is 4.22. The highest BCUT2D eigenvalue weighted by Crippen LogP contribution is 2.23. The topological polar surface area (TPSA) is 76.6 Å². The van der Waals surface area contributed by atoms with Gasteiger partial charge in [-0.3, -0.25) is 14.4 Å². The summed E-state index contributed by atoms with van der Waals surface area (Å²) < 4.78 is 13.4. The second-order valence-electron chi connectivity index (χ2n) is 8.79. The molecule has 1 amide bonds. The molecule has 0 unspecified atom stereocenters. The molecule has 0 aliphatic carbocycles. The number of carbonyl (C=O) groups excluding carboxylic acids is 1. The molecule has 2 aromatic heterocycles. The van der Waals surface area contributed by atoms with Crippen molar-refractivity contribution in [1.82, 2.24) is 24.7 Å². The van der Waals surface area contributed by atoms with Crippen molar-refractivity contribution >= 4 is 5.91 Å². The summed E-state index contributed by atoms with van der Waals surface area (Å²) in [5.74, 6) is 1.32. The third kappa shape index (κ3) is 5.11. The summed E-state index contributed by atoms with van der Waals surface area (Å²) in [4.78, 5) is 17.5. The van der Waals surface area contributed by atoms with E-state index >= 15 is 0 Å². The summed E-state index contributed by atoms with van der Waals surface area (Å²) in [5.41, 5.74) is 5.63. The molecule has 3 heterocycles. The molecule has 176 valence electrons. The standard InChI is InChI=1S/C25H33N5O3/c1-6-30-15-21(19(4)26-30)14-28-9-11-29(12-10-28)25(31)24-22(20(5)33-27-24)16-32-23-8-7-17(2)13-18(23)3/h7-8,13,15H,6,9-12,14,16H2,1-5H3. The molecule has 8 nitrogen and oxygen atoms in total. The molecule has 1 aromatic carbocycles. The highest BCUT2D eigenvalue weighted by molar-refractivity contribution is 5.93. The summed E-state index contributed by atoms with van der Waals surface area (Å²) in [6, 6.07) is 6.05. The predicted octanol–water partition coefficient (Wildman–Crippen LogP) is 3.66. The number of rotatable bonds is 7. The largest absolute Gasteiger partial charge is 0.488 e. The smallest absolute Gasteiger partial charge is 0.276 e. The van der Waals surface area contributed by atoms with Crippen LogP contribution in [0.1, 0.15) is 51.1 Å². The lowest BCUT2D eigenvalue weighted by Gasteiger charge is -2.34. The van der Waals surface area contributed by atoms with Gasteiger partial charge in [0.1, 0.15) is 18.1 Å². The molecule has 0 bridgehead atoms. The van der Waals surface area contributed by atoms with E-state index < -0.39 is 0 Å². The number of hydrogen-bond acceptors (Lipinski definition) is 6. The number of amides is 1. The Morgan fingerprint density at radius 3 is 2.55 bits per heavy atom. The summed E-state index contributed by atoms with van der Waals surface area (Å²) in [7, 11) is 0. The van der Waals surface area contributed by atoms with Gasteiger partial charge in [0.15, 0.2) is 5.69 Å². The Morgan fingerprint density at radius 2 is 1.88 bits per heavy atom. The van der Waals surface area contributed by atoms with Crippen molar-refractivity contribution in [3.05, 3.63) is 63.8 Å². The van der Waals surface area contributed by atoms with Gasteiger partial charge in [0.05, 0.1) is 11.3 Å². The minimum atomic E-state index is -0.0966. The second kappa shape index (κ2) is 9.79. The quantitative estimate of drug-likeness (QED) is 0.546. The normalized spacial score (nSPS) is 14.6. The van der Waals surface area contributed by atoms with Gasteiger partial charge in [-0.25, -0.2) is 0 Å². The zero-order chi connectivity index (χ0) is 23.5. The number of benzene rings is 1. The molecule has 33 heavy (non-hydrogen) atoms. The molecule has 8 heteroatoms. The van der Waals surface area contributed by atoms with E-state index in [1.54, 1.807) is 0 Å². The van der Waals surface area contributed by atoms with Crippen LogP contribution >= 0.6 is 0 Å². The lowest BCUT2D eigenvalue weighted by Crippen LogP contribution is -2.48. The first-order valence-corrected chi connectivity index (χ1v) is 11.6. The zero-order valence-electron chi connectivity index (χ0n) is 20.2. The molecule has 0 spiro atoms. The van der Waals surface area contributed by atoms with Crippen molar-refractivity contribution in [2.24, 2.45) is 0 Å². The number of hydrogen-bond donors (Lipinski definition) is 0. The molecule has 0 radical (unpaired) electrons. The van der Waals surface area contributed by atoms with E-state index in [1.165, 1.54) is 11.1 Å². The molecule has 1 fully saturated rings. The molecule has 4 rings (SSSR count). The molecule has 1 aliphatic rings. The van der Waals surface area contributed by atoms with Crippen molar-refractivity contribution in [2.75, 3.05) is 26.2 Å². The monoisotopic (exact) mass is 451 g/mol. The summed E-state index contributed by atoms with van der Waals surface area (Å²) >= 11 is 0. The number of nitrogens with zero attached hydrogens (tertiary/aromatic N) is 5. The van der Waals surface area contributed by atoms with Crippen LogP contribution in [0.5, 0.6) is 5.75 Å². The van der Waals surface area contributed by atoms with Crippen LogP contribution in [-0.4, -0.2) is 56.8 Å². The van der Waals surface area contributed by atoms with Crippen LogP contribution in [0.4, 0.5) is 0 Å².